The second-order valence-electron chi connectivity index (χ2n) is 4.94. The van der Waals surface area contributed by atoms with Gasteiger partial charge in [0.25, 0.3) is 5.69 Å². The molecule has 0 atom stereocenters. The molecular formula is C15H14N4O6S2. The minimum absolute atomic E-state index is 0.0128. The molecular weight excluding hydrogens is 396 g/mol. The molecule has 0 amide bonds. The largest absolute Gasteiger partial charge is 0.493 e. The Labute approximate surface area is 159 Å². The van der Waals surface area contributed by atoms with Gasteiger partial charge in [-0.2, -0.15) is 13.5 Å². The Morgan fingerprint density at radius 1 is 1.30 bits per heavy atom. The fourth-order valence-electron chi connectivity index (χ4n) is 1.92. The third kappa shape index (κ3) is 5.36. The van der Waals surface area contributed by atoms with Crippen LogP contribution in [0.2, 0.25) is 0 Å². The van der Waals surface area contributed by atoms with Crippen molar-refractivity contribution in [1.29, 1.82) is 0 Å². The number of hydrogen-bond donors (Lipinski definition) is 2. The summed E-state index contributed by atoms with van der Waals surface area (Å²) in [5, 5.41) is 14.6. The van der Waals surface area contributed by atoms with E-state index in [1.54, 1.807) is 0 Å². The van der Waals surface area contributed by atoms with Gasteiger partial charge in [0, 0.05) is 12.1 Å². The molecule has 0 aromatic heterocycles. The zero-order chi connectivity index (χ0) is 20.0. The molecule has 0 aliphatic carbocycles. The van der Waals surface area contributed by atoms with Crippen LogP contribution in [0.3, 0.4) is 0 Å². The predicted molar refractivity (Wildman–Crippen MR) is 101 cm³/mol. The Kier molecular flexibility index (Phi) is 6.26. The maximum Gasteiger partial charge on any atom is 0.339 e. The first-order valence-electron chi connectivity index (χ1n) is 7.18. The third-order valence-electron chi connectivity index (χ3n) is 3.09. The van der Waals surface area contributed by atoms with Crippen LogP contribution in [-0.4, -0.2) is 31.8 Å². The van der Waals surface area contributed by atoms with Crippen LogP contribution in [0.4, 0.5) is 5.69 Å². The van der Waals surface area contributed by atoms with Crippen LogP contribution in [0.15, 0.2) is 52.5 Å². The van der Waals surface area contributed by atoms with Crippen LogP contribution >= 0.6 is 12.2 Å². The van der Waals surface area contributed by atoms with Crippen molar-refractivity contribution in [1.82, 2.24) is 5.43 Å². The van der Waals surface area contributed by atoms with Gasteiger partial charge in [-0.05, 0) is 42.0 Å². The van der Waals surface area contributed by atoms with Gasteiger partial charge in [0.05, 0.1) is 18.2 Å². The maximum atomic E-state index is 12.4. The summed E-state index contributed by atoms with van der Waals surface area (Å²) in [5.41, 5.74) is 7.80. The summed E-state index contributed by atoms with van der Waals surface area (Å²) in [6, 6.07) is 8.88. The minimum Gasteiger partial charge on any atom is -0.493 e. The summed E-state index contributed by atoms with van der Waals surface area (Å²) >= 11 is 4.61. The van der Waals surface area contributed by atoms with Crippen molar-refractivity contribution in [2.45, 2.75) is 4.90 Å². The van der Waals surface area contributed by atoms with Crippen LogP contribution < -0.4 is 20.1 Å². The molecule has 0 bridgehead atoms. The molecule has 12 heteroatoms. The highest BCUT2D eigenvalue weighted by Crippen LogP contribution is 2.31. The van der Waals surface area contributed by atoms with Crippen molar-refractivity contribution >= 4 is 39.4 Å². The monoisotopic (exact) mass is 410 g/mol. The van der Waals surface area contributed by atoms with E-state index in [4.69, 9.17) is 14.7 Å². The Balaban J connectivity index is 2.30. The molecule has 142 valence electrons. The molecule has 10 nitrogen and oxygen atoms in total. The van der Waals surface area contributed by atoms with E-state index >= 15 is 0 Å². The van der Waals surface area contributed by atoms with Crippen molar-refractivity contribution in [3.8, 4) is 11.5 Å². The number of nitrogens with one attached hydrogen (secondary N) is 1. The first kappa shape index (κ1) is 20.1. The molecule has 0 aliphatic heterocycles. The number of nitro benzene ring substituents is 1. The summed E-state index contributed by atoms with van der Waals surface area (Å²) in [6.45, 7) is 0. The fraction of sp³-hybridized carbons (Fsp3) is 0.0667. The number of rotatable bonds is 7. The van der Waals surface area contributed by atoms with Gasteiger partial charge in [0.15, 0.2) is 16.6 Å². The molecule has 0 spiro atoms. The molecule has 0 saturated heterocycles. The lowest BCUT2D eigenvalue weighted by molar-refractivity contribution is -0.385. The van der Waals surface area contributed by atoms with E-state index in [9.17, 15) is 18.5 Å². The smallest absolute Gasteiger partial charge is 0.339 e. The lowest BCUT2D eigenvalue weighted by Gasteiger charge is -2.11. The highest BCUT2D eigenvalue weighted by Gasteiger charge is 2.21. The highest BCUT2D eigenvalue weighted by molar-refractivity contribution is 7.87. The minimum atomic E-state index is -4.31. The highest BCUT2D eigenvalue weighted by atomic mass is 32.2. The molecule has 2 aromatic rings. The number of non-ortho nitro benzene ring substituents is 1. The Hall–Kier alpha value is -3.25. The normalized spacial score (nSPS) is 11.1. The van der Waals surface area contributed by atoms with Gasteiger partial charge in [-0.25, -0.2) is 0 Å². The van der Waals surface area contributed by atoms with Gasteiger partial charge in [0.1, 0.15) is 4.90 Å². The number of hydrogen-bond acceptors (Lipinski definition) is 8. The summed E-state index contributed by atoms with van der Waals surface area (Å²) in [5.74, 6) is 0.0201. The van der Waals surface area contributed by atoms with Crippen LogP contribution in [0.25, 0.3) is 0 Å². The van der Waals surface area contributed by atoms with E-state index in [0.29, 0.717) is 5.56 Å². The molecule has 27 heavy (non-hydrogen) atoms. The van der Waals surface area contributed by atoms with Gasteiger partial charge in [-0.1, -0.05) is 6.07 Å². The Bertz CT molecular complexity index is 1010. The van der Waals surface area contributed by atoms with E-state index < -0.39 is 15.0 Å². The van der Waals surface area contributed by atoms with Crippen LogP contribution in [-0.2, 0) is 10.1 Å². The molecule has 0 saturated carbocycles. The van der Waals surface area contributed by atoms with Crippen molar-refractivity contribution in [3.05, 3.63) is 58.1 Å². The number of ether oxygens (including phenoxy) is 1. The molecule has 2 rings (SSSR count). The van der Waals surface area contributed by atoms with Crippen molar-refractivity contribution in [2.24, 2.45) is 10.8 Å². The predicted octanol–water partition coefficient (Wildman–Crippen LogP) is 1.54. The van der Waals surface area contributed by atoms with Gasteiger partial charge in [0.2, 0.25) is 0 Å². The molecule has 0 unspecified atom stereocenters. The lowest BCUT2D eigenvalue weighted by atomic mass is 10.2. The number of nitrogens with two attached hydrogens (primary N) is 1. The maximum absolute atomic E-state index is 12.4. The quantitative estimate of drug-likeness (QED) is 0.228. The number of nitrogens with zero attached hydrogens (tertiary/aromatic N) is 2. The average molecular weight is 410 g/mol. The molecule has 2 aromatic carbocycles. The number of thiocarbonyl (C=S) groups is 1. The summed E-state index contributed by atoms with van der Waals surface area (Å²) in [7, 11) is -2.98. The average Bonchev–Trinajstić information content (AvgIpc) is 2.62. The molecule has 0 aliphatic rings. The van der Waals surface area contributed by atoms with E-state index in [1.807, 2.05) is 0 Å². The van der Waals surface area contributed by atoms with Crippen molar-refractivity contribution in [3.63, 3.8) is 0 Å². The van der Waals surface area contributed by atoms with Gasteiger partial charge in [-0.15, -0.1) is 0 Å². The Morgan fingerprint density at radius 2 is 2.04 bits per heavy atom. The van der Waals surface area contributed by atoms with Gasteiger partial charge in [-0.3, -0.25) is 15.5 Å². The molecule has 0 fully saturated rings. The number of benzene rings is 2. The lowest BCUT2D eigenvalue weighted by Crippen LogP contribution is -2.23. The second kappa shape index (κ2) is 8.42. The fourth-order valence-corrected chi connectivity index (χ4v) is 2.96. The molecule has 0 heterocycles. The summed E-state index contributed by atoms with van der Waals surface area (Å²) < 4.78 is 35.0. The van der Waals surface area contributed by atoms with E-state index in [-0.39, 0.29) is 27.2 Å². The zero-order valence-electron chi connectivity index (χ0n) is 13.9. The SMILES string of the molecule is COc1cc(/C=N\NC(N)=S)ccc1OS(=O)(=O)c1cccc([N+](=O)[O-])c1. The summed E-state index contributed by atoms with van der Waals surface area (Å²) in [6.07, 6.45) is 1.39. The second-order valence-corrected chi connectivity index (χ2v) is 6.92. The third-order valence-corrected chi connectivity index (χ3v) is 4.41. The van der Waals surface area contributed by atoms with Gasteiger partial charge >= 0.3 is 10.1 Å². The number of hydrazone groups is 1. The zero-order valence-corrected chi connectivity index (χ0v) is 15.5. The topological polar surface area (TPSA) is 146 Å². The van der Waals surface area contributed by atoms with E-state index in [0.717, 1.165) is 6.07 Å². The summed E-state index contributed by atoms with van der Waals surface area (Å²) in [4.78, 5) is 9.77. The standard InChI is InChI=1S/C15H14N4O6S2/c1-24-14-7-10(9-17-18-15(16)26)5-6-13(14)25-27(22,23)12-4-2-3-11(8-12)19(20)21/h2-9H,1H3,(H3,16,18,26)/b17-9-. The first-order chi connectivity index (χ1) is 12.7. The van der Waals surface area contributed by atoms with Crippen LogP contribution in [0, 0.1) is 10.1 Å². The van der Waals surface area contributed by atoms with Crippen molar-refractivity contribution < 1.29 is 22.3 Å². The Morgan fingerprint density at radius 3 is 2.67 bits per heavy atom. The van der Waals surface area contributed by atoms with Crippen molar-refractivity contribution in [2.75, 3.05) is 7.11 Å². The number of methoxy groups -OCH3 is 1. The number of nitro groups is 1. The molecule has 0 radical (unpaired) electrons. The first-order valence-corrected chi connectivity index (χ1v) is 9.00. The van der Waals surface area contributed by atoms with E-state index in [1.165, 1.54) is 49.7 Å². The van der Waals surface area contributed by atoms with E-state index in [2.05, 4.69) is 22.7 Å². The van der Waals surface area contributed by atoms with Crippen LogP contribution in [0.1, 0.15) is 5.56 Å². The van der Waals surface area contributed by atoms with Crippen LogP contribution in [0.5, 0.6) is 11.5 Å². The van der Waals surface area contributed by atoms with Gasteiger partial charge < -0.3 is 14.7 Å². The molecule has 3 N–H and O–H groups in total.